The third kappa shape index (κ3) is 4.70. The van der Waals surface area contributed by atoms with Crippen molar-refractivity contribution in [3.05, 3.63) is 24.5 Å². The summed E-state index contributed by atoms with van der Waals surface area (Å²) in [6, 6.07) is 0. The highest BCUT2D eigenvalue weighted by molar-refractivity contribution is 5.87. The number of rotatable bonds is 3. The van der Waals surface area contributed by atoms with E-state index < -0.39 is 11.9 Å². The van der Waals surface area contributed by atoms with Gasteiger partial charge in [0.2, 0.25) is 0 Å². The molecule has 2 N–H and O–H groups in total. The van der Waals surface area contributed by atoms with Gasteiger partial charge in [-0.15, -0.1) is 0 Å². The highest BCUT2D eigenvalue weighted by Crippen LogP contribution is 1.96. The molecular weight excluding hydrogens is 136 g/mol. The molecule has 0 aromatic carbocycles. The Morgan fingerprint density at radius 1 is 1.60 bits per heavy atom. The van der Waals surface area contributed by atoms with Gasteiger partial charge in [-0.05, 0) is 13.5 Å². The molecule has 4 nitrogen and oxygen atoms in total. The van der Waals surface area contributed by atoms with E-state index in [-0.39, 0.29) is 5.78 Å². The summed E-state index contributed by atoms with van der Waals surface area (Å²) in [7, 11) is 0. The van der Waals surface area contributed by atoms with Crippen molar-refractivity contribution in [3.8, 4) is 0 Å². The van der Waals surface area contributed by atoms with Crippen molar-refractivity contribution in [1.29, 1.82) is 0 Å². The Morgan fingerprint density at radius 2 is 2.10 bits per heavy atom. The minimum Gasteiger partial charge on any atom is -0.481 e. The molecule has 0 rings (SSSR count). The molecule has 4 heteroatoms. The van der Waals surface area contributed by atoms with Gasteiger partial charge < -0.3 is 14.9 Å². The predicted molar refractivity (Wildman–Crippen MR) is 34.2 cm³/mol. The lowest BCUT2D eigenvalue weighted by molar-refractivity contribution is -0.113. The fraction of sp³-hybridized carbons (Fsp3) is 0.167. The average Bonchev–Trinajstić information content (AvgIpc) is 1.58. The molecule has 0 saturated heterocycles. The van der Waals surface area contributed by atoms with Crippen molar-refractivity contribution in [2.45, 2.75) is 6.92 Å². The van der Waals surface area contributed by atoms with Gasteiger partial charge in [0.1, 0.15) is 0 Å². The molecule has 0 aliphatic carbocycles. The first kappa shape index (κ1) is 8.55. The number of aliphatic hydroxyl groups excluding tert-OH is 2. The van der Waals surface area contributed by atoms with Gasteiger partial charge in [0.25, 0.3) is 11.9 Å². The second kappa shape index (κ2) is 3.55. The monoisotopic (exact) mass is 144 g/mol. The van der Waals surface area contributed by atoms with Crippen LogP contribution < -0.4 is 0 Å². The van der Waals surface area contributed by atoms with Gasteiger partial charge in [0.05, 0.1) is 6.08 Å². The summed E-state index contributed by atoms with van der Waals surface area (Å²) in [5.41, 5.74) is 0. The largest absolute Gasteiger partial charge is 0.481 e. The van der Waals surface area contributed by atoms with Gasteiger partial charge in [-0.2, -0.15) is 0 Å². The third-order valence-electron chi connectivity index (χ3n) is 0.549. The molecule has 0 aliphatic rings. The second-order valence-electron chi connectivity index (χ2n) is 1.59. The topological polar surface area (TPSA) is 66.8 Å². The van der Waals surface area contributed by atoms with E-state index in [1.165, 1.54) is 6.92 Å². The van der Waals surface area contributed by atoms with Crippen molar-refractivity contribution in [1.82, 2.24) is 0 Å². The van der Waals surface area contributed by atoms with Gasteiger partial charge in [-0.3, -0.25) is 4.79 Å². The summed E-state index contributed by atoms with van der Waals surface area (Å²) < 4.78 is 4.12. The fourth-order valence-electron chi connectivity index (χ4n) is 0.324. The Morgan fingerprint density at radius 3 is 2.40 bits per heavy atom. The first-order chi connectivity index (χ1) is 4.52. The van der Waals surface area contributed by atoms with Gasteiger partial charge in [0, 0.05) is 0 Å². The van der Waals surface area contributed by atoms with Gasteiger partial charge >= 0.3 is 0 Å². The molecular formula is C6H8O4. The highest BCUT2D eigenvalue weighted by Gasteiger charge is 1.96. The molecule has 0 radical (unpaired) electrons. The number of allylic oxidation sites excluding steroid dienone is 1. The van der Waals surface area contributed by atoms with Crippen molar-refractivity contribution >= 4 is 5.78 Å². The van der Waals surface area contributed by atoms with Crippen LogP contribution in [0.3, 0.4) is 0 Å². The van der Waals surface area contributed by atoms with E-state index in [0.29, 0.717) is 0 Å². The summed E-state index contributed by atoms with van der Waals surface area (Å²) in [6.45, 7) is 4.16. The van der Waals surface area contributed by atoms with Crippen molar-refractivity contribution in [3.63, 3.8) is 0 Å². The number of ketones is 1. The summed E-state index contributed by atoms with van der Waals surface area (Å²) in [5.74, 6) is -1.70. The molecule has 0 saturated carbocycles. The molecule has 10 heavy (non-hydrogen) atoms. The zero-order chi connectivity index (χ0) is 8.15. The molecule has 0 aromatic heterocycles. The molecule has 0 atom stereocenters. The number of hydrogen-bond donors (Lipinski definition) is 2. The summed E-state index contributed by atoms with van der Waals surface area (Å²) in [5, 5.41) is 16.9. The molecule has 0 unspecified atom stereocenters. The van der Waals surface area contributed by atoms with Crippen LogP contribution in [0.2, 0.25) is 0 Å². The SMILES string of the molecule is C=C(O)O/C(O)=C\C(C)=O. The fourth-order valence-corrected chi connectivity index (χ4v) is 0.324. The van der Waals surface area contributed by atoms with E-state index in [9.17, 15) is 4.79 Å². The van der Waals surface area contributed by atoms with E-state index in [1.54, 1.807) is 0 Å². The zero-order valence-electron chi connectivity index (χ0n) is 5.50. The van der Waals surface area contributed by atoms with Crippen LogP contribution >= 0.6 is 0 Å². The first-order valence-corrected chi connectivity index (χ1v) is 2.49. The maximum absolute atomic E-state index is 10.2. The van der Waals surface area contributed by atoms with Crippen LogP contribution in [-0.4, -0.2) is 16.0 Å². The molecule has 0 aliphatic heterocycles. The maximum atomic E-state index is 10.2. The molecule has 0 fully saturated rings. The Labute approximate surface area is 58.0 Å². The first-order valence-electron chi connectivity index (χ1n) is 2.49. The van der Waals surface area contributed by atoms with E-state index in [0.717, 1.165) is 6.08 Å². The second-order valence-corrected chi connectivity index (χ2v) is 1.59. The number of carbonyl (C=O) groups is 1. The number of hydrogen-bond acceptors (Lipinski definition) is 4. The minimum atomic E-state index is -0.667. The number of aliphatic hydroxyl groups is 2. The van der Waals surface area contributed by atoms with Crippen LogP contribution in [0.1, 0.15) is 6.92 Å². The van der Waals surface area contributed by atoms with E-state index in [4.69, 9.17) is 10.2 Å². The lowest BCUT2D eigenvalue weighted by atomic mass is 10.4. The smallest absolute Gasteiger partial charge is 0.288 e. The molecule has 0 bridgehead atoms. The van der Waals surface area contributed by atoms with Crippen LogP contribution in [0, 0.1) is 0 Å². The lowest BCUT2D eigenvalue weighted by Gasteiger charge is -1.97. The van der Waals surface area contributed by atoms with Crippen LogP contribution in [-0.2, 0) is 9.53 Å². The Bertz CT molecular complexity index is 180. The Balaban J connectivity index is 3.95. The van der Waals surface area contributed by atoms with Crippen molar-refractivity contribution in [2.75, 3.05) is 0 Å². The highest BCUT2D eigenvalue weighted by atomic mass is 16.7. The molecule has 0 heterocycles. The van der Waals surface area contributed by atoms with E-state index in [1.807, 2.05) is 0 Å². The Hall–Kier alpha value is -1.45. The molecule has 56 valence electrons. The molecule has 0 aromatic rings. The molecule has 0 amide bonds. The van der Waals surface area contributed by atoms with Crippen LogP contribution in [0.15, 0.2) is 24.5 Å². The van der Waals surface area contributed by atoms with Gasteiger partial charge in [-0.1, -0.05) is 0 Å². The Kier molecular flexibility index (Phi) is 3.04. The van der Waals surface area contributed by atoms with Gasteiger partial charge in [-0.25, -0.2) is 0 Å². The minimum absolute atomic E-state index is 0.376. The summed E-state index contributed by atoms with van der Waals surface area (Å²) in [4.78, 5) is 10.2. The van der Waals surface area contributed by atoms with Crippen molar-refractivity contribution < 1.29 is 19.7 Å². The number of carbonyl (C=O) groups excluding carboxylic acids is 1. The summed E-state index contributed by atoms with van der Waals surface area (Å²) in [6.07, 6.45) is 0.821. The van der Waals surface area contributed by atoms with Crippen molar-refractivity contribution in [2.24, 2.45) is 0 Å². The van der Waals surface area contributed by atoms with E-state index >= 15 is 0 Å². The van der Waals surface area contributed by atoms with Crippen LogP contribution in [0.4, 0.5) is 0 Å². The number of ether oxygens (including phenoxy) is 1. The normalized spacial score (nSPS) is 10.7. The molecule has 0 spiro atoms. The predicted octanol–water partition coefficient (Wildman–Crippen LogP) is 1.02. The van der Waals surface area contributed by atoms with Crippen LogP contribution in [0.5, 0.6) is 0 Å². The average molecular weight is 144 g/mol. The van der Waals surface area contributed by atoms with Gasteiger partial charge in [0.15, 0.2) is 5.78 Å². The quantitative estimate of drug-likeness (QED) is 0.458. The maximum Gasteiger partial charge on any atom is 0.288 e. The van der Waals surface area contributed by atoms with E-state index in [2.05, 4.69) is 11.3 Å². The zero-order valence-corrected chi connectivity index (χ0v) is 5.50. The van der Waals surface area contributed by atoms with Crippen LogP contribution in [0.25, 0.3) is 0 Å². The standard InChI is InChI=1S/C6H8O4/c1-4(7)3-6(9)10-5(2)8/h3,8-9H,2H2,1H3/b6-3-. The third-order valence-corrected chi connectivity index (χ3v) is 0.549. The summed E-state index contributed by atoms with van der Waals surface area (Å²) >= 11 is 0. The lowest BCUT2D eigenvalue weighted by Crippen LogP contribution is -1.93.